The predicted octanol–water partition coefficient (Wildman–Crippen LogP) is 2.80. The molecule has 0 aromatic heterocycles. The molecule has 1 unspecified atom stereocenters. The Kier molecular flexibility index (Phi) is 6.64. The number of nitrogens with zero attached hydrogens (tertiary/aromatic N) is 1. The number of hydrogen-bond acceptors (Lipinski definition) is 3. The molecule has 3 rings (SSSR count). The first-order chi connectivity index (χ1) is 13.9. The molecule has 0 bridgehead atoms. The number of hydrogen-bond donors (Lipinski definition) is 2. The van der Waals surface area contributed by atoms with E-state index < -0.39 is 17.6 Å². The first kappa shape index (κ1) is 21.0. The Balaban J connectivity index is 1.47. The fourth-order valence-corrected chi connectivity index (χ4v) is 3.65. The van der Waals surface area contributed by atoms with Crippen molar-refractivity contribution >= 4 is 39.3 Å². The third-order valence-electron chi connectivity index (χ3n) is 4.81. The van der Waals surface area contributed by atoms with Crippen molar-refractivity contribution in [2.24, 2.45) is 5.92 Å². The zero-order chi connectivity index (χ0) is 21.0. The van der Waals surface area contributed by atoms with E-state index in [1.165, 1.54) is 12.1 Å². The minimum Gasteiger partial charge on any atom is -0.354 e. The van der Waals surface area contributed by atoms with Crippen LogP contribution in [0.1, 0.15) is 22.3 Å². The van der Waals surface area contributed by atoms with Gasteiger partial charge in [0.2, 0.25) is 11.8 Å². The molecule has 3 amide bonds. The Morgan fingerprint density at radius 3 is 2.62 bits per heavy atom. The third-order valence-corrected chi connectivity index (χ3v) is 5.48. The van der Waals surface area contributed by atoms with Gasteiger partial charge in [-0.1, -0.05) is 18.2 Å². The van der Waals surface area contributed by atoms with Crippen LogP contribution >= 0.6 is 15.9 Å². The molecule has 8 heteroatoms. The molecule has 0 saturated carbocycles. The van der Waals surface area contributed by atoms with E-state index in [1.54, 1.807) is 17.9 Å². The van der Waals surface area contributed by atoms with Crippen molar-refractivity contribution in [3.8, 4) is 0 Å². The smallest absolute Gasteiger partial charge is 0.251 e. The highest BCUT2D eigenvalue weighted by Crippen LogP contribution is 2.31. The fraction of sp³-hybridized carbons (Fsp3) is 0.286. The maximum atomic E-state index is 13.5. The van der Waals surface area contributed by atoms with Crippen LogP contribution in [0.2, 0.25) is 0 Å². The maximum absolute atomic E-state index is 13.5. The summed E-state index contributed by atoms with van der Waals surface area (Å²) in [6.07, 6.45) is 0.432. The van der Waals surface area contributed by atoms with Crippen LogP contribution in [0.4, 0.5) is 10.1 Å². The maximum Gasteiger partial charge on any atom is 0.251 e. The molecule has 6 nitrogen and oxygen atoms in total. The Bertz CT molecular complexity index is 951. The lowest BCUT2D eigenvalue weighted by Crippen LogP contribution is -2.40. The molecular formula is C21H21BrFN3O3. The van der Waals surface area contributed by atoms with Gasteiger partial charge in [-0.15, -0.1) is 0 Å². The molecule has 152 valence electrons. The van der Waals surface area contributed by atoms with Gasteiger partial charge < -0.3 is 15.5 Å². The van der Waals surface area contributed by atoms with Crippen LogP contribution in [0.25, 0.3) is 0 Å². The second kappa shape index (κ2) is 9.17. The van der Waals surface area contributed by atoms with Crippen LogP contribution < -0.4 is 15.5 Å². The van der Waals surface area contributed by atoms with E-state index in [1.807, 2.05) is 24.3 Å². The van der Waals surface area contributed by atoms with Crippen molar-refractivity contribution in [3.63, 3.8) is 0 Å². The predicted molar refractivity (Wildman–Crippen MR) is 111 cm³/mol. The summed E-state index contributed by atoms with van der Waals surface area (Å²) in [4.78, 5) is 38.6. The number of amides is 3. The number of benzene rings is 2. The monoisotopic (exact) mass is 461 g/mol. The molecular weight excluding hydrogens is 441 g/mol. The molecule has 2 aromatic carbocycles. The van der Waals surface area contributed by atoms with Crippen LogP contribution in [-0.2, 0) is 9.59 Å². The number of carbonyl (C=O) groups excluding carboxylic acids is 3. The summed E-state index contributed by atoms with van der Waals surface area (Å²) in [7, 11) is 0. The van der Waals surface area contributed by atoms with Crippen molar-refractivity contribution in [2.45, 2.75) is 13.3 Å². The summed E-state index contributed by atoms with van der Waals surface area (Å²) < 4.78 is 14.3. The Hall–Kier alpha value is -2.74. The molecule has 29 heavy (non-hydrogen) atoms. The number of halogens is 2. The van der Waals surface area contributed by atoms with Gasteiger partial charge in [-0.2, -0.15) is 0 Å². The normalized spacial score (nSPS) is 16.0. The molecule has 0 spiro atoms. The van der Waals surface area contributed by atoms with Crippen LogP contribution in [0.15, 0.2) is 46.9 Å². The zero-order valence-electron chi connectivity index (χ0n) is 15.9. The molecule has 1 atom stereocenters. The molecule has 1 saturated heterocycles. The van der Waals surface area contributed by atoms with Crippen LogP contribution in [0, 0.1) is 18.7 Å². The van der Waals surface area contributed by atoms with Crippen LogP contribution in [0.5, 0.6) is 0 Å². The van der Waals surface area contributed by atoms with Crippen molar-refractivity contribution in [3.05, 3.63) is 63.9 Å². The summed E-state index contributed by atoms with van der Waals surface area (Å²) in [6.45, 7) is 2.44. The van der Waals surface area contributed by atoms with Crippen molar-refractivity contribution in [1.82, 2.24) is 10.6 Å². The number of aryl methyl sites for hydroxylation is 1. The quantitative estimate of drug-likeness (QED) is 0.512. The Labute approximate surface area is 176 Å². The van der Waals surface area contributed by atoms with E-state index in [-0.39, 0.29) is 30.5 Å². The molecule has 0 aliphatic carbocycles. The summed E-state index contributed by atoms with van der Waals surface area (Å²) in [6, 6.07) is 11.6. The van der Waals surface area contributed by atoms with E-state index in [2.05, 4.69) is 26.6 Å². The highest BCUT2D eigenvalue weighted by Gasteiger charge is 2.37. The first-order valence-corrected chi connectivity index (χ1v) is 10.1. The second-order valence-electron chi connectivity index (χ2n) is 6.79. The first-order valence-electron chi connectivity index (χ1n) is 9.26. The topological polar surface area (TPSA) is 78.5 Å². The molecule has 1 fully saturated rings. The van der Waals surface area contributed by atoms with Gasteiger partial charge >= 0.3 is 0 Å². The van der Waals surface area contributed by atoms with E-state index in [4.69, 9.17) is 0 Å². The lowest BCUT2D eigenvalue weighted by molar-refractivity contribution is -0.132. The summed E-state index contributed by atoms with van der Waals surface area (Å²) in [5.41, 5.74) is 1.42. The van der Waals surface area contributed by atoms with Crippen LogP contribution in [-0.4, -0.2) is 37.4 Å². The molecule has 2 N–H and O–H groups in total. The zero-order valence-corrected chi connectivity index (χ0v) is 17.5. The number of nitrogens with one attached hydrogen (secondary N) is 2. The number of rotatable bonds is 6. The van der Waals surface area contributed by atoms with Crippen LogP contribution in [0.3, 0.4) is 0 Å². The van der Waals surface area contributed by atoms with Crippen molar-refractivity contribution in [2.75, 3.05) is 24.5 Å². The lowest BCUT2D eigenvalue weighted by atomic mass is 10.1. The molecule has 1 aliphatic heterocycles. The lowest BCUT2D eigenvalue weighted by Gasteiger charge is -2.18. The minimum atomic E-state index is -0.746. The largest absolute Gasteiger partial charge is 0.354 e. The molecule has 2 aromatic rings. The van der Waals surface area contributed by atoms with E-state index in [0.717, 1.165) is 10.2 Å². The minimum absolute atomic E-state index is 0.176. The number of para-hydroxylation sites is 1. The number of anilines is 1. The summed E-state index contributed by atoms with van der Waals surface area (Å²) in [5.74, 6) is -2.21. The van der Waals surface area contributed by atoms with E-state index >= 15 is 0 Å². The molecule has 1 heterocycles. The van der Waals surface area contributed by atoms with Gasteiger partial charge in [0.25, 0.3) is 5.91 Å². The average Bonchev–Trinajstić information content (AvgIpc) is 3.08. The fourth-order valence-electron chi connectivity index (χ4n) is 3.15. The second-order valence-corrected chi connectivity index (χ2v) is 7.65. The van der Waals surface area contributed by atoms with Gasteiger partial charge in [0.1, 0.15) is 11.7 Å². The van der Waals surface area contributed by atoms with Gasteiger partial charge in [0, 0.05) is 29.7 Å². The summed E-state index contributed by atoms with van der Waals surface area (Å²) >= 11 is 3.43. The van der Waals surface area contributed by atoms with Gasteiger partial charge in [0.15, 0.2) is 0 Å². The Morgan fingerprint density at radius 2 is 1.90 bits per heavy atom. The SMILES string of the molecule is Cc1ccc(C(=O)NCCNC(=O)C2CCN(c3ccccc3Br)C2=O)cc1F. The van der Waals surface area contributed by atoms with Gasteiger partial charge in [-0.05, 0) is 59.1 Å². The van der Waals surface area contributed by atoms with Crippen molar-refractivity contribution in [1.29, 1.82) is 0 Å². The highest BCUT2D eigenvalue weighted by molar-refractivity contribution is 9.10. The summed E-state index contributed by atoms with van der Waals surface area (Å²) in [5, 5.41) is 5.31. The molecule has 0 radical (unpaired) electrons. The molecule has 1 aliphatic rings. The van der Waals surface area contributed by atoms with Gasteiger partial charge in [-0.25, -0.2) is 4.39 Å². The Morgan fingerprint density at radius 1 is 1.17 bits per heavy atom. The van der Waals surface area contributed by atoms with Gasteiger partial charge in [0.05, 0.1) is 5.69 Å². The highest BCUT2D eigenvalue weighted by atomic mass is 79.9. The van der Waals surface area contributed by atoms with Crippen molar-refractivity contribution < 1.29 is 18.8 Å². The van der Waals surface area contributed by atoms with Gasteiger partial charge in [-0.3, -0.25) is 14.4 Å². The third kappa shape index (κ3) is 4.82. The number of carbonyl (C=O) groups is 3. The standard InChI is InChI=1S/C21H21BrFN3O3/c1-13-6-7-14(12-17(13)23)19(27)24-9-10-25-20(28)15-8-11-26(21(15)29)18-5-3-2-4-16(18)22/h2-7,12,15H,8-11H2,1H3,(H,24,27)(H,25,28). The van der Waals surface area contributed by atoms with E-state index in [0.29, 0.717) is 18.5 Å². The van der Waals surface area contributed by atoms with E-state index in [9.17, 15) is 18.8 Å². The average molecular weight is 462 g/mol.